The second-order valence-corrected chi connectivity index (χ2v) is 2.89. The molecule has 5 heteroatoms. The van der Waals surface area contributed by atoms with E-state index in [9.17, 15) is 13.6 Å². The number of halogens is 2. The molecule has 1 aromatic rings. The average Bonchev–Trinajstić information content (AvgIpc) is 2.19. The van der Waals surface area contributed by atoms with Crippen molar-refractivity contribution in [1.29, 1.82) is 0 Å². The summed E-state index contributed by atoms with van der Waals surface area (Å²) in [5, 5.41) is 2.17. The van der Waals surface area contributed by atoms with Gasteiger partial charge in [-0.25, -0.2) is 13.6 Å². The zero-order valence-corrected chi connectivity index (χ0v) is 8.22. The highest BCUT2D eigenvalue weighted by Gasteiger charge is 2.07. The van der Waals surface area contributed by atoms with Gasteiger partial charge in [0.2, 0.25) is 0 Å². The molecule has 0 radical (unpaired) electrons. The number of rotatable bonds is 3. The van der Waals surface area contributed by atoms with E-state index in [1.165, 1.54) is 0 Å². The predicted octanol–water partition coefficient (Wildman–Crippen LogP) is 2.92. The lowest BCUT2D eigenvalue weighted by Gasteiger charge is -2.06. The molecule has 0 aliphatic carbocycles. The van der Waals surface area contributed by atoms with Crippen LogP contribution < -0.4 is 5.32 Å². The van der Waals surface area contributed by atoms with Crippen LogP contribution in [0.25, 0.3) is 0 Å². The number of ether oxygens (including phenoxy) is 1. The van der Waals surface area contributed by atoms with E-state index < -0.39 is 17.7 Å². The van der Waals surface area contributed by atoms with Crippen molar-refractivity contribution < 1.29 is 18.3 Å². The van der Waals surface area contributed by atoms with Crippen molar-refractivity contribution in [2.24, 2.45) is 0 Å². The quantitative estimate of drug-likeness (QED) is 0.841. The summed E-state index contributed by atoms with van der Waals surface area (Å²) >= 11 is 0. The lowest BCUT2D eigenvalue weighted by molar-refractivity contribution is 0.161. The maximum atomic E-state index is 13.0. The van der Waals surface area contributed by atoms with E-state index in [1.54, 1.807) is 0 Å². The number of hydrogen-bond donors (Lipinski definition) is 1. The second kappa shape index (κ2) is 5.29. The second-order valence-electron chi connectivity index (χ2n) is 2.89. The Labute approximate surface area is 86.0 Å². The van der Waals surface area contributed by atoms with E-state index in [-0.39, 0.29) is 12.3 Å². The molecule has 0 unspecified atom stereocenters. The summed E-state index contributed by atoms with van der Waals surface area (Å²) in [4.78, 5) is 11.0. The predicted molar refractivity (Wildman–Crippen MR) is 51.6 cm³/mol. The van der Waals surface area contributed by atoms with Gasteiger partial charge in [-0.2, -0.15) is 0 Å². The molecule has 0 saturated carbocycles. The highest BCUT2D eigenvalue weighted by molar-refractivity contribution is 5.84. The van der Waals surface area contributed by atoms with Crippen LogP contribution in [0.3, 0.4) is 0 Å². The molecule has 0 bridgehead atoms. The lowest BCUT2D eigenvalue weighted by Crippen LogP contribution is -2.15. The maximum Gasteiger partial charge on any atom is 0.411 e. The Hall–Kier alpha value is -1.65. The van der Waals surface area contributed by atoms with Gasteiger partial charge in [0, 0.05) is 6.07 Å². The monoisotopic (exact) mass is 215 g/mol. The molecule has 0 spiro atoms. The third-order valence-corrected chi connectivity index (χ3v) is 1.61. The van der Waals surface area contributed by atoms with Crippen LogP contribution in [0.5, 0.6) is 0 Å². The summed E-state index contributed by atoms with van der Waals surface area (Å²) in [6.45, 7) is 2.10. The Morgan fingerprint density at radius 2 is 2.20 bits per heavy atom. The van der Waals surface area contributed by atoms with Crippen molar-refractivity contribution in [3.8, 4) is 0 Å². The summed E-state index contributed by atoms with van der Waals surface area (Å²) in [5.41, 5.74) is -0.0995. The number of anilines is 1. The summed E-state index contributed by atoms with van der Waals surface area (Å²) in [6, 6.07) is 2.88. The molecular formula is C10H11F2NO2. The van der Waals surface area contributed by atoms with Crippen molar-refractivity contribution in [1.82, 2.24) is 0 Å². The Kier molecular flexibility index (Phi) is 4.03. The average molecular weight is 215 g/mol. The van der Waals surface area contributed by atoms with Gasteiger partial charge in [-0.3, -0.25) is 5.32 Å². The van der Waals surface area contributed by atoms with Crippen molar-refractivity contribution >= 4 is 11.8 Å². The Bertz CT molecular complexity index is 355. The first-order chi connectivity index (χ1) is 7.13. The van der Waals surface area contributed by atoms with E-state index in [1.807, 2.05) is 6.92 Å². The van der Waals surface area contributed by atoms with Crippen LogP contribution in [0, 0.1) is 11.6 Å². The number of nitrogens with one attached hydrogen (secondary N) is 1. The van der Waals surface area contributed by atoms with Crippen molar-refractivity contribution in [3.63, 3.8) is 0 Å². The van der Waals surface area contributed by atoms with Crippen LogP contribution in [0.2, 0.25) is 0 Å². The van der Waals surface area contributed by atoms with Gasteiger partial charge in [-0.05, 0) is 18.6 Å². The van der Waals surface area contributed by atoms with E-state index >= 15 is 0 Å². The third-order valence-electron chi connectivity index (χ3n) is 1.61. The molecule has 0 saturated heterocycles. The fraction of sp³-hybridized carbons (Fsp3) is 0.300. The number of carbonyl (C=O) groups is 1. The van der Waals surface area contributed by atoms with Crippen LogP contribution in [-0.2, 0) is 4.74 Å². The lowest BCUT2D eigenvalue weighted by atomic mass is 10.3. The number of benzene rings is 1. The van der Waals surface area contributed by atoms with Crippen molar-refractivity contribution in [2.75, 3.05) is 11.9 Å². The van der Waals surface area contributed by atoms with Crippen molar-refractivity contribution in [3.05, 3.63) is 29.8 Å². The van der Waals surface area contributed by atoms with E-state index in [4.69, 9.17) is 0 Å². The molecule has 1 rings (SSSR count). The SMILES string of the molecule is CCCOC(=O)Nc1ccc(F)cc1F. The van der Waals surface area contributed by atoms with E-state index in [2.05, 4.69) is 10.1 Å². The first-order valence-electron chi connectivity index (χ1n) is 4.52. The fourth-order valence-electron chi connectivity index (χ4n) is 0.932. The molecule has 82 valence electrons. The van der Waals surface area contributed by atoms with Gasteiger partial charge in [0.25, 0.3) is 0 Å². The molecule has 0 heterocycles. The van der Waals surface area contributed by atoms with Gasteiger partial charge in [0.1, 0.15) is 11.6 Å². The minimum absolute atomic E-state index is 0.0995. The molecule has 3 nitrogen and oxygen atoms in total. The van der Waals surface area contributed by atoms with Gasteiger partial charge in [-0.15, -0.1) is 0 Å². The standard InChI is InChI=1S/C10H11F2NO2/c1-2-5-15-10(14)13-9-4-3-7(11)6-8(9)12/h3-4,6H,2,5H2,1H3,(H,13,14). The highest BCUT2D eigenvalue weighted by Crippen LogP contribution is 2.14. The molecule has 0 fully saturated rings. The van der Waals surface area contributed by atoms with Gasteiger partial charge in [-0.1, -0.05) is 6.92 Å². The maximum absolute atomic E-state index is 13.0. The topological polar surface area (TPSA) is 38.3 Å². The third kappa shape index (κ3) is 3.53. The number of carbonyl (C=O) groups excluding carboxylic acids is 1. The van der Waals surface area contributed by atoms with Crippen LogP contribution in [0.1, 0.15) is 13.3 Å². The Balaban J connectivity index is 2.60. The summed E-state index contributed by atoms with van der Waals surface area (Å²) in [6.07, 6.45) is -0.0679. The van der Waals surface area contributed by atoms with Crippen molar-refractivity contribution in [2.45, 2.75) is 13.3 Å². The first-order valence-corrected chi connectivity index (χ1v) is 4.52. The zero-order chi connectivity index (χ0) is 11.3. The van der Waals surface area contributed by atoms with Crippen LogP contribution >= 0.6 is 0 Å². The van der Waals surface area contributed by atoms with Crippen LogP contribution in [0.15, 0.2) is 18.2 Å². The van der Waals surface area contributed by atoms with Gasteiger partial charge in [0.15, 0.2) is 0 Å². The number of hydrogen-bond acceptors (Lipinski definition) is 2. The molecule has 1 amide bonds. The largest absolute Gasteiger partial charge is 0.449 e. The van der Waals surface area contributed by atoms with Gasteiger partial charge < -0.3 is 4.74 Å². The number of amides is 1. The molecule has 0 aliphatic heterocycles. The Morgan fingerprint density at radius 1 is 1.47 bits per heavy atom. The molecule has 1 aromatic carbocycles. The normalized spacial score (nSPS) is 9.80. The smallest absolute Gasteiger partial charge is 0.411 e. The summed E-state index contributed by atoms with van der Waals surface area (Å²) in [5.74, 6) is -1.52. The first kappa shape index (κ1) is 11.4. The van der Waals surface area contributed by atoms with Crippen LogP contribution in [-0.4, -0.2) is 12.7 Å². The minimum Gasteiger partial charge on any atom is -0.449 e. The van der Waals surface area contributed by atoms with E-state index in [0.29, 0.717) is 12.5 Å². The highest BCUT2D eigenvalue weighted by atomic mass is 19.1. The molecule has 0 aliphatic rings. The molecule has 15 heavy (non-hydrogen) atoms. The minimum atomic E-state index is -0.830. The van der Waals surface area contributed by atoms with Gasteiger partial charge in [0.05, 0.1) is 12.3 Å². The molecule has 0 aromatic heterocycles. The molecule has 1 N–H and O–H groups in total. The zero-order valence-electron chi connectivity index (χ0n) is 8.22. The van der Waals surface area contributed by atoms with E-state index in [0.717, 1.165) is 12.1 Å². The Morgan fingerprint density at radius 3 is 2.80 bits per heavy atom. The fourth-order valence-corrected chi connectivity index (χ4v) is 0.932. The van der Waals surface area contributed by atoms with Gasteiger partial charge >= 0.3 is 6.09 Å². The van der Waals surface area contributed by atoms with Crippen LogP contribution in [0.4, 0.5) is 19.3 Å². The molecular weight excluding hydrogens is 204 g/mol. The summed E-state index contributed by atoms with van der Waals surface area (Å²) < 4.78 is 30.2. The molecule has 0 atom stereocenters. The summed E-state index contributed by atoms with van der Waals surface area (Å²) in [7, 11) is 0.